The maximum Gasteiger partial charge on any atom is 0.341 e. The second-order valence-corrected chi connectivity index (χ2v) is 7.22. The van der Waals surface area contributed by atoms with Crippen LogP contribution in [0.15, 0.2) is 40.6 Å². The second-order valence-electron chi connectivity index (χ2n) is 5.17. The van der Waals surface area contributed by atoms with E-state index in [9.17, 15) is 9.59 Å². The summed E-state index contributed by atoms with van der Waals surface area (Å²) in [6.45, 7) is 3.15. The molecule has 2 heterocycles. The molecule has 24 heavy (non-hydrogen) atoms. The summed E-state index contributed by atoms with van der Waals surface area (Å²) in [5.41, 5.74) is 1.49. The lowest BCUT2D eigenvalue weighted by molar-refractivity contribution is -0.114. The molecule has 3 rings (SSSR count). The Labute approximate surface area is 149 Å². The zero-order chi connectivity index (χ0) is 16.9. The average molecular weight is 362 g/mol. The van der Waals surface area contributed by atoms with E-state index in [1.165, 1.54) is 16.2 Å². The van der Waals surface area contributed by atoms with Gasteiger partial charge in [-0.2, -0.15) is 0 Å². The lowest BCUT2D eigenvalue weighted by Gasteiger charge is -2.30. The minimum atomic E-state index is -0.409. The molecule has 5 nitrogen and oxygen atoms in total. The first-order valence-corrected chi connectivity index (χ1v) is 9.57. The van der Waals surface area contributed by atoms with Crippen LogP contribution in [-0.2, 0) is 9.53 Å². The number of amides is 1. The van der Waals surface area contributed by atoms with Crippen LogP contribution in [-0.4, -0.2) is 37.3 Å². The fourth-order valence-electron chi connectivity index (χ4n) is 2.51. The molecule has 1 aliphatic rings. The van der Waals surface area contributed by atoms with Crippen molar-refractivity contribution < 1.29 is 14.3 Å². The number of esters is 1. The molecule has 7 heteroatoms. The highest BCUT2D eigenvalue weighted by Crippen LogP contribution is 2.34. The van der Waals surface area contributed by atoms with Gasteiger partial charge in [0.15, 0.2) is 0 Å². The zero-order valence-electron chi connectivity index (χ0n) is 13.3. The predicted molar refractivity (Wildman–Crippen MR) is 98.3 cm³/mol. The molecule has 126 valence electrons. The quantitative estimate of drug-likeness (QED) is 0.825. The van der Waals surface area contributed by atoms with Crippen LogP contribution in [0.2, 0.25) is 0 Å². The Morgan fingerprint density at radius 2 is 2.12 bits per heavy atom. The highest BCUT2D eigenvalue weighted by atomic mass is 32.2. The molecule has 0 radical (unpaired) electrons. The van der Waals surface area contributed by atoms with Crippen LogP contribution < -0.4 is 10.2 Å². The molecule has 1 aromatic heterocycles. The third-order valence-corrected chi connectivity index (χ3v) is 5.45. The Morgan fingerprint density at radius 1 is 1.29 bits per heavy atom. The van der Waals surface area contributed by atoms with Crippen LogP contribution in [0.5, 0.6) is 0 Å². The van der Waals surface area contributed by atoms with E-state index in [0.29, 0.717) is 17.2 Å². The maximum atomic E-state index is 12.4. The molecule has 2 aromatic rings. The first-order valence-electron chi connectivity index (χ1n) is 7.70. The molecule has 0 aliphatic carbocycles. The maximum absolute atomic E-state index is 12.4. The van der Waals surface area contributed by atoms with Gasteiger partial charge < -0.3 is 15.0 Å². The Balaban J connectivity index is 1.67. The number of nitrogens with zero attached hydrogens (tertiary/aromatic N) is 1. The number of para-hydroxylation sites is 1. The van der Waals surface area contributed by atoms with Gasteiger partial charge in [0.05, 0.1) is 24.4 Å². The number of carbonyl (C=O) groups is 2. The number of fused-ring (bicyclic) bond motifs is 1. The van der Waals surface area contributed by atoms with Crippen molar-refractivity contribution in [2.24, 2.45) is 0 Å². The summed E-state index contributed by atoms with van der Waals surface area (Å²) in [5, 5.41) is 5.15. The van der Waals surface area contributed by atoms with E-state index in [4.69, 9.17) is 4.74 Å². The number of anilines is 2. The Hall–Kier alpha value is -1.99. The Bertz CT molecular complexity index is 745. The van der Waals surface area contributed by atoms with Crippen LogP contribution >= 0.6 is 23.1 Å². The van der Waals surface area contributed by atoms with Crippen molar-refractivity contribution in [3.05, 3.63) is 41.3 Å². The third kappa shape index (κ3) is 3.73. The van der Waals surface area contributed by atoms with Crippen molar-refractivity contribution in [2.75, 3.05) is 35.7 Å². The molecule has 0 atom stereocenters. The lowest BCUT2D eigenvalue weighted by atomic mass is 10.2. The molecule has 1 amide bonds. The molecule has 0 spiro atoms. The average Bonchev–Trinajstić information content (AvgIpc) is 3.03. The van der Waals surface area contributed by atoms with Gasteiger partial charge in [0.2, 0.25) is 5.91 Å². The first-order chi connectivity index (χ1) is 11.7. The molecule has 1 N–H and O–H groups in total. The summed E-state index contributed by atoms with van der Waals surface area (Å²) in [6, 6.07) is 9.76. The van der Waals surface area contributed by atoms with Gasteiger partial charge in [-0.3, -0.25) is 4.79 Å². The van der Waals surface area contributed by atoms with Crippen LogP contribution in [0, 0.1) is 0 Å². The van der Waals surface area contributed by atoms with Crippen molar-refractivity contribution in [3.63, 3.8) is 0 Å². The smallest absolute Gasteiger partial charge is 0.341 e. The van der Waals surface area contributed by atoms with E-state index in [0.717, 1.165) is 18.0 Å². The molecule has 0 saturated carbocycles. The monoisotopic (exact) mass is 362 g/mol. The fraction of sp³-hybridized carbons (Fsp3) is 0.294. The summed E-state index contributed by atoms with van der Waals surface area (Å²) < 4.78 is 5.01. The highest BCUT2D eigenvalue weighted by molar-refractivity contribution is 7.99. The Morgan fingerprint density at radius 3 is 2.96 bits per heavy atom. The second kappa shape index (κ2) is 7.72. The van der Waals surface area contributed by atoms with Crippen molar-refractivity contribution in [1.29, 1.82) is 0 Å². The van der Waals surface area contributed by atoms with E-state index in [2.05, 4.69) is 16.3 Å². The minimum Gasteiger partial charge on any atom is -0.462 e. The topological polar surface area (TPSA) is 58.6 Å². The van der Waals surface area contributed by atoms with Gasteiger partial charge >= 0.3 is 5.97 Å². The van der Waals surface area contributed by atoms with Crippen LogP contribution in [0.1, 0.15) is 17.3 Å². The highest BCUT2D eigenvalue weighted by Gasteiger charge is 2.21. The van der Waals surface area contributed by atoms with E-state index in [-0.39, 0.29) is 12.5 Å². The van der Waals surface area contributed by atoms with Gasteiger partial charge in [-0.15, -0.1) is 23.1 Å². The number of hydrogen-bond acceptors (Lipinski definition) is 6. The van der Waals surface area contributed by atoms with Crippen LogP contribution in [0.4, 0.5) is 10.7 Å². The van der Waals surface area contributed by atoms with Crippen molar-refractivity contribution in [3.8, 4) is 0 Å². The molecule has 1 aliphatic heterocycles. The standard InChI is InChI=1S/C17H18N2O3S2/c1-2-22-17(21)12-7-9-24-16(12)18-15(20)11-19-8-10-23-14-6-4-3-5-13(14)19/h3-7,9H,2,8,10-11H2,1H3,(H,18,20). The summed E-state index contributed by atoms with van der Waals surface area (Å²) in [7, 11) is 0. The number of benzene rings is 1. The zero-order valence-corrected chi connectivity index (χ0v) is 14.9. The van der Waals surface area contributed by atoms with Crippen molar-refractivity contribution >= 4 is 45.7 Å². The normalized spacial score (nSPS) is 13.3. The van der Waals surface area contributed by atoms with Gasteiger partial charge in [-0.1, -0.05) is 12.1 Å². The number of thioether (sulfide) groups is 1. The molecule has 0 bridgehead atoms. The first kappa shape index (κ1) is 16.9. The van der Waals surface area contributed by atoms with Crippen molar-refractivity contribution in [2.45, 2.75) is 11.8 Å². The van der Waals surface area contributed by atoms with E-state index >= 15 is 0 Å². The molecule has 1 aromatic carbocycles. The van der Waals surface area contributed by atoms with Gasteiger partial charge in [0.1, 0.15) is 5.00 Å². The number of thiophene rings is 1. The number of carbonyl (C=O) groups excluding carboxylic acids is 2. The summed E-state index contributed by atoms with van der Waals surface area (Å²) >= 11 is 3.13. The van der Waals surface area contributed by atoms with E-state index in [1.807, 2.05) is 18.2 Å². The van der Waals surface area contributed by atoms with Gasteiger partial charge in [0, 0.05) is 17.2 Å². The molecule has 0 unspecified atom stereocenters. The summed E-state index contributed by atoms with van der Waals surface area (Å²) in [5.74, 6) is 0.413. The van der Waals surface area contributed by atoms with E-state index in [1.54, 1.807) is 30.1 Å². The predicted octanol–water partition coefficient (Wildman–Crippen LogP) is 3.48. The molecular weight excluding hydrogens is 344 g/mol. The Kier molecular flexibility index (Phi) is 5.42. The molecule has 0 saturated heterocycles. The van der Waals surface area contributed by atoms with Gasteiger partial charge in [0.25, 0.3) is 0 Å². The number of hydrogen-bond donors (Lipinski definition) is 1. The fourth-order valence-corrected chi connectivity index (χ4v) is 4.35. The van der Waals surface area contributed by atoms with Crippen molar-refractivity contribution in [1.82, 2.24) is 0 Å². The minimum absolute atomic E-state index is 0.135. The summed E-state index contributed by atoms with van der Waals surface area (Å²) in [4.78, 5) is 27.6. The largest absolute Gasteiger partial charge is 0.462 e. The molecule has 0 fully saturated rings. The number of nitrogens with one attached hydrogen (secondary N) is 1. The van der Waals surface area contributed by atoms with Gasteiger partial charge in [-0.25, -0.2) is 4.79 Å². The van der Waals surface area contributed by atoms with E-state index < -0.39 is 5.97 Å². The number of ether oxygens (including phenoxy) is 1. The van der Waals surface area contributed by atoms with Crippen LogP contribution in [0.25, 0.3) is 0 Å². The SMILES string of the molecule is CCOC(=O)c1ccsc1NC(=O)CN1CCSc2ccccc21. The van der Waals surface area contributed by atoms with Crippen LogP contribution in [0.3, 0.4) is 0 Å². The lowest BCUT2D eigenvalue weighted by Crippen LogP contribution is -2.36. The summed E-state index contributed by atoms with van der Waals surface area (Å²) in [6.07, 6.45) is 0. The van der Waals surface area contributed by atoms with Gasteiger partial charge in [-0.05, 0) is 30.5 Å². The third-order valence-electron chi connectivity index (χ3n) is 3.57. The molecular formula is C17H18N2O3S2. The number of rotatable bonds is 5.